The molecule has 0 N–H and O–H groups in total. The predicted octanol–water partition coefficient (Wildman–Crippen LogP) is 4.20. The Hall–Kier alpha value is -1.35. The minimum Gasteiger partial charge on any atom is -0.228 e. The third-order valence-corrected chi connectivity index (χ3v) is 2.23. The van der Waals surface area contributed by atoms with Gasteiger partial charge in [-0.05, 0) is 29.8 Å². The van der Waals surface area contributed by atoms with Gasteiger partial charge in [-0.3, -0.25) is 0 Å². The molecule has 1 heterocycles. The van der Waals surface area contributed by atoms with Crippen molar-refractivity contribution < 1.29 is 4.39 Å². The Kier molecular flexibility index (Phi) is 4.99. The van der Waals surface area contributed by atoms with E-state index in [4.69, 9.17) is 0 Å². The Bertz CT molecular complexity index is 379. The molecule has 2 aromatic rings. The van der Waals surface area contributed by atoms with Crippen molar-refractivity contribution >= 4 is 12.6 Å². The van der Waals surface area contributed by atoms with Crippen LogP contribution in [0.5, 0.6) is 0 Å². The summed E-state index contributed by atoms with van der Waals surface area (Å²) >= 11 is 4.18. The van der Waals surface area contributed by atoms with Crippen LogP contribution in [0.2, 0.25) is 0 Å². The standard InChI is InChI=1S/C11H8FNS.C2H6/c12-11-6-3-9(7-13-11)8-1-4-10(14)5-2-8;1-2/h1-7,14H;1-2H3. The van der Waals surface area contributed by atoms with Crippen LogP contribution in [-0.2, 0) is 0 Å². The molecule has 0 atom stereocenters. The van der Waals surface area contributed by atoms with E-state index in [0.717, 1.165) is 16.0 Å². The number of hydrogen-bond donors (Lipinski definition) is 1. The molecule has 0 aliphatic heterocycles. The lowest BCUT2D eigenvalue weighted by atomic mass is 10.1. The molecule has 0 amide bonds. The summed E-state index contributed by atoms with van der Waals surface area (Å²) in [5.41, 5.74) is 1.91. The molecule has 1 aromatic heterocycles. The number of halogens is 1. The molecular weight excluding hydrogens is 221 g/mol. The smallest absolute Gasteiger partial charge is 0.212 e. The first-order valence-corrected chi connectivity index (χ1v) is 5.61. The van der Waals surface area contributed by atoms with E-state index in [1.54, 1.807) is 6.07 Å². The second-order valence-electron chi connectivity index (χ2n) is 2.92. The average Bonchev–Trinajstić information content (AvgIpc) is 2.34. The summed E-state index contributed by atoms with van der Waals surface area (Å²) in [7, 11) is 0. The van der Waals surface area contributed by atoms with Gasteiger partial charge in [0.05, 0.1) is 0 Å². The molecule has 0 saturated carbocycles. The number of nitrogens with zero attached hydrogens (tertiary/aromatic N) is 1. The summed E-state index contributed by atoms with van der Waals surface area (Å²) < 4.78 is 12.5. The van der Waals surface area contributed by atoms with Gasteiger partial charge in [-0.15, -0.1) is 12.6 Å². The van der Waals surface area contributed by atoms with Crippen LogP contribution in [-0.4, -0.2) is 4.98 Å². The topological polar surface area (TPSA) is 12.9 Å². The lowest BCUT2D eigenvalue weighted by molar-refractivity contribution is 0.584. The second-order valence-corrected chi connectivity index (χ2v) is 3.43. The van der Waals surface area contributed by atoms with Gasteiger partial charge in [0.25, 0.3) is 0 Å². The Morgan fingerprint density at radius 2 is 1.50 bits per heavy atom. The van der Waals surface area contributed by atoms with Gasteiger partial charge in [0.15, 0.2) is 0 Å². The van der Waals surface area contributed by atoms with Gasteiger partial charge in [0.1, 0.15) is 0 Å². The number of hydrogen-bond acceptors (Lipinski definition) is 2. The van der Waals surface area contributed by atoms with Gasteiger partial charge >= 0.3 is 0 Å². The molecule has 16 heavy (non-hydrogen) atoms. The molecule has 0 saturated heterocycles. The second kappa shape index (κ2) is 6.28. The Labute approximate surface area is 101 Å². The molecule has 84 valence electrons. The van der Waals surface area contributed by atoms with Crippen LogP contribution in [0.1, 0.15) is 13.8 Å². The summed E-state index contributed by atoms with van der Waals surface area (Å²) in [6.45, 7) is 4.00. The van der Waals surface area contributed by atoms with Gasteiger partial charge in [-0.1, -0.05) is 26.0 Å². The average molecular weight is 235 g/mol. The lowest BCUT2D eigenvalue weighted by Crippen LogP contribution is -1.83. The maximum absolute atomic E-state index is 12.5. The number of thiol groups is 1. The number of benzene rings is 1. The summed E-state index contributed by atoms with van der Waals surface area (Å²) in [5, 5.41) is 0. The number of rotatable bonds is 1. The number of pyridine rings is 1. The van der Waals surface area contributed by atoms with Crippen LogP contribution in [0.25, 0.3) is 11.1 Å². The van der Waals surface area contributed by atoms with E-state index >= 15 is 0 Å². The quantitative estimate of drug-likeness (QED) is 0.577. The van der Waals surface area contributed by atoms with E-state index < -0.39 is 5.95 Å². The molecule has 3 heteroatoms. The minimum atomic E-state index is -0.459. The van der Waals surface area contributed by atoms with Crippen molar-refractivity contribution in [3.63, 3.8) is 0 Å². The highest BCUT2D eigenvalue weighted by molar-refractivity contribution is 7.80. The fourth-order valence-corrected chi connectivity index (χ4v) is 1.35. The molecule has 0 fully saturated rings. The first kappa shape index (κ1) is 12.7. The SMILES string of the molecule is CC.Fc1ccc(-c2ccc(S)cc2)cn1. The Balaban J connectivity index is 0.000000606. The van der Waals surface area contributed by atoms with E-state index in [9.17, 15) is 4.39 Å². The molecule has 0 bridgehead atoms. The first-order valence-electron chi connectivity index (χ1n) is 5.17. The molecule has 2 rings (SSSR count). The number of aromatic nitrogens is 1. The highest BCUT2D eigenvalue weighted by atomic mass is 32.1. The van der Waals surface area contributed by atoms with Crippen LogP contribution >= 0.6 is 12.6 Å². The molecule has 0 unspecified atom stereocenters. The van der Waals surface area contributed by atoms with Crippen molar-refractivity contribution in [3.05, 3.63) is 48.5 Å². The van der Waals surface area contributed by atoms with Crippen molar-refractivity contribution in [2.75, 3.05) is 0 Å². The van der Waals surface area contributed by atoms with Gasteiger partial charge in [0, 0.05) is 16.7 Å². The maximum atomic E-state index is 12.5. The normalized spacial score (nSPS) is 9.25. The molecule has 0 aliphatic rings. The minimum absolute atomic E-state index is 0.459. The van der Waals surface area contributed by atoms with Gasteiger partial charge in [-0.2, -0.15) is 4.39 Å². The van der Waals surface area contributed by atoms with E-state index in [2.05, 4.69) is 17.6 Å². The van der Waals surface area contributed by atoms with E-state index in [-0.39, 0.29) is 0 Å². The summed E-state index contributed by atoms with van der Waals surface area (Å²) in [6, 6.07) is 10.7. The fourth-order valence-electron chi connectivity index (χ4n) is 1.20. The van der Waals surface area contributed by atoms with Crippen molar-refractivity contribution in [2.45, 2.75) is 18.7 Å². The van der Waals surface area contributed by atoms with Crippen molar-refractivity contribution in [3.8, 4) is 11.1 Å². The van der Waals surface area contributed by atoms with Crippen LogP contribution in [0.4, 0.5) is 4.39 Å². The molecule has 0 aliphatic carbocycles. The van der Waals surface area contributed by atoms with Crippen molar-refractivity contribution in [1.29, 1.82) is 0 Å². The molecule has 0 radical (unpaired) electrons. The van der Waals surface area contributed by atoms with Gasteiger partial charge in [-0.25, -0.2) is 4.98 Å². The van der Waals surface area contributed by atoms with Crippen molar-refractivity contribution in [2.24, 2.45) is 0 Å². The fraction of sp³-hybridized carbons (Fsp3) is 0.154. The van der Waals surface area contributed by atoms with Crippen LogP contribution in [0, 0.1) is 5.95 Å². The van der Waals surface area contributed by atoms with Gasteiger partial charge < -0.3 is 0 Å². The van der Waals surface area contributed by atoms with E-state index in [0.29, 0.717) is 0 Å². The highest BCUT2D eigenvalue weighted by Crippen LogP contribution is 2.19. The maximum Gasteiger partial charge on any atom is 0.212 e. The lowest BCUT2D eigenvalue weighted by Gasteiger charge is -2.00. The third kappa shape index (κ3) is 3.35. The van der Waals surface area contributed by atoms with Crippen molar-refractivity contribution in [1.82, 2.24) is 4.98 Å². The van der Waals surface area contributed by atoms with E-state index in [1.807, 2.05) is 38.1 Å². The molecule has 1 nitrogen and oxygen atoms in total. The van der Waals surface area contributed by atoms with E-state index in [1.165, 1.54) is 12.3 Å². The summed E-state index contributed by atoms with van der Waals surface area (Å²) in [6.07, 6.45) is 1.52. The monoisotopic (exact) mass is 235 g/mol. The molecular formula is C13H14FNS. The molecule has 0 spiro atoms. The third-order valence-electron chi connectivity index (χ3n) is 1.93. The Morgan fingerprint density at radius 3 is 2.00 bits per heavy atom. The highest BCUT2D eigenvalue weighted by Gasteiger charge is 1.97. The zero-order valence-electron chi connectivity index (χ0n) is 9.31. The first-order chi connectivity index (χ1) is 7.75. The zero-order valence-corrected chi connectivity index (χ0v) is 10.2. The Morgan fingerprint density at radius 1 is 0.938 bits per heavy atom. The largest absolute Gasteiger partial charge is 0.228 e. The van der Waals surface area contributed by atoms with Crippen LogP contribution in [0.3, 0.4) is 0 Å². The predicted molar refractivity (Wildman–Crippen MR) is 68.2 cm³/mol. The zero-order chi connectivity index (χ0) is 12.0. The summed E-state index contributed by atoms with van der Waals surface area (Å²) in [4.78, 5) is 4.50. The van der Waals surface area contributed by atoms with Crippen LogP contribution in [0.15, 0.2) is 47.5 Å². The van der Waals surface area contributed by atoms with Crippen LogP contribution < -0.4 is 0 Å². The summed E-state index contributed by atoms with van der Waals surface area (Å²) in [5.74, 6) is -0.459. The van der Waals surface area contributed by atoms with Gasteiger partial charge in [0.2, 0.25) is 5.95 Å². The molecule has 1 aromatic carbocycles.